The Hall–Kier alpha value is -1.95. The third kappa shape index (κ3) is 2.76. The maximum atomic E-state index is 6.38. The molecule has 0 aliphatic heterocycles. The molecule has 2 aromatic rings. The highest BCUT2D eigenvalue weighted by molar-refractivity contribution is 5.53. The molecule has 2 atom stereocenters. The maximum Gasteiger partial charge on any atom is 0.231 e. The van der Waals surface area contributed by atoms with Crippen LogP contribution in [0.15, 0.2) is 22.9 Å². The van der Waals surface area contributed by atoms with Crippen molar-refractivity contribution in [3.63, 3.8) is 0 Å². The number of ether oxygens (including phenoxy) is 1. The Kier molecular flexibility index (Phi) is 3.63. The molecule has 6 nitrogen and oxygen atoms in total. The Balaban J connectivity index is 1.85. The molecular weight excluding hydrogens is 268 g/mol. The third-order valence-electron chi connectivity index (χ3n) is 4.20. The summed E-state index contributed by atoms with van der Waals surface area (Å²) in [5.74, 6) is 1.86. The first-order chi connectivity index (χ1) is 10.1. The Morgan fingerprint density at radius 3 is 2.90 bits per heavy atom. The normalized spacial score (nSPS) is 25.8. The zero-order chi connectivity index (χ0) is 14.9. The number of nitrogens with two attached hydrogens (primary N) is 1. The van der Waals surface area contributed by atoms with Crippen LogP contribution in [0.2, 0.25) is 0 Å². The van der Waals surface area contributed by atoms with E-state index in [0.717, 1.165) is 31.2 Å². The summed E-state index contributed by atoms with van der Waals surface area (Å²) in [5, 5.41) is 4.06. The van der Waals surface area contributed by atoms with Crippen LogP contribution >= 0.6 is 0 Å². The summed E-state index contributed by atoms with van der Waals surface area (Å²) in [4.78, 5) is 8.67. The minimum Gasteiger partial charge on any atom is -0.481 e. The van der Waals surface area contributed by atoms with Crippen LogP contribution in [-0.2, 0) is 0 Å². The second-order valence-electron chi connectivity index (χ2n) is 5.85. The fraction of sp³-hybridized carbons (Fsp3) is 0.533. The number of aromatic nitrogens is 3. The molecule has 0 saturated heterocycles. The largest absolute Gasteiger partial charge is 0.481 e. The van der Waals surface area contributed by atoms with Crippen LogP contribution in [0.25, 0.3) is 11.4 Å². The SMILES string of the molecule is COc1ccc(-c2noc(C3CCCCC3(C)N)n2)cn1. The molecule has 0 bridgehead atoms. The molecule has 2 N–H and O–H groups in total. The van der Waals surface area contributed by atoms with E-state index in [4.69, 9.17) is 15.0 Å². The maximum absolute atomic E-state index is 6.38. The Labute approximate surface area is 123 Å². The van der Waals surface area contributed by atoms with Crippen LogP contribution in [0, 0.1) is 0 Å². The molecule has 2 aromatic heterocycles. The lowest BCUT2D eigenvalue weighted by Crippen LogP contribution is -2.44. The first kappa shape index (κ1) is 14.0. The van der Waals surface area contributed by atoms with Crippen molar-refractivity contribution in [1.82, 2.24) is 15.1 Å². The quantitative estimate of drug-likeness (QED) is 0.933. The van der Waals surface area contributed by atoms with Gasteiger partial charge in [0.05, 0.1) is 13.0 Å². The number of hydrogen-bond donors (Lipinski definition) is 1. The zero-order valence-corrected chi connectivity index (χ0v) is 12.4. The van der Waals surface area contributed by atoms with E-state index < -0.39 is 0 Å². The molecule has 2 unspecified atom stereocenters. The average Bonchev–Trinajstić information content (AvgIpc) is 2.96. The van der Waals surface area contributed by atoms with Crippen molar-refractivity contribution in [2.45, 2.75) is 44.1 Å². The topological polar surface area (TPSA) is 87.1 Å². The van der Waals surface area contributed by atoms with E-state index >= 15 is 0 Å². The van der Waals surface area contributed by atoms with Crippen molar-refractivity contribution in [2.24, 2.45) is 5.73 Å². The van der Waals surface area contributed by atoms with Crippen LogP contribution < -0.4 is 10.5 Å². The fourth-order valence-electron chi connectivity index (χ4n) is 2.89. The molecular formula is C15H20N4O2. The lowest BCUT2D eigenvalue weighted by Gasteiger charge is -2.35. The van der Waals surface area contributed by atoms with Gasteiger partial charge < -0.3 is 15.0 Å². The molecule has 3 rings (SSSR count). The summed E-state index contributed by atoms with van der Waals surface area (Å²) in [6.07, 6.45) is 5.97. The first-order valence-corrected chi connectivity index (χ1v) is 7.23. The third-order valence-corrected chi connectivity index (χ3v) is 4.20. The number of rotatable bonds is 3. The van der Waals surface area contributed by atoms with Crippen LogP contribution in [0.3, 0.4) is 0 Å². The van der Waals surface area contributed by atoms with Gasteiger partial charge in [-0.1, -0.05) is 18.0 Å². The molecule has 0 radical (unpaired) electrons. The average molecular weight is 288 g/mol. The molecule has 1 fully saturated rings. The fourth-order valence-corrected chi connectivity index (χ4v) is 2.89. The van der Waals surface area contributed by atoms with Crippen LogP contribution in [0.1, 0.15) is 44.4 Å². The van der Waals surface area contributed by atoms with Gasteiger partial charge in [-0.15, -0.1) is 0 Å². The van der Waals surface area contributed by atoms with Gasteiger partial charge in [-0.05, 0) is 25.8 Å². The van der Waals surface area contributed by atoms with E-state index in [1.165, 1.54) is 0 Å². The van der Waals surface area contributed by atoms with Gasteiger partial charge in [0, 0.05) is 23.4 Å². The number of hydrogen-bond acceptors (Lipinski definition) is 6. The van der Waals surface area contributed by atoms with Gasteiger partial charge in [0.15, 0.2) is 0 Å². The predicted octanol–water partition coefficient (Wildman–Crippen LogP) is 2.52. The standard InChI is InChI=1S/C15H20N4O2/c1-15(16)8-4-3-5-11(15)14-18-13(19-21-14)10-6-7-12(20-2)17-9-10/h6-7,9,11H,3-5,8,16H2,1-2H3. The van der Waals surface area contributed by atoms with Crippen molar-refractivity contribution < 1.29 is 9.26 Å². The molecule has 1 saturated carbocycles. The number of pyridine rings is 1. The molecule has 112 valence electrons. The minimum absolute atomic E-state index is 0.124. The van der Waals surface area contributed by atoms with Crippen LogP contribution in [0.4, 0.5) is 0 Å². The summed E-state index contributed by atoms with van der Waals surface area (Å²) < 4.78 is 10.5. The Bertz CT molecular complexity index is 606. The summed E-state index contributed by atoms with van der Waals surface area (Å²) in [7, 11) is 1.58. The minimum atomic E-state index is -0.278. The number of nitrogens with zero attached hydrogens (tertiary/aromatic N) is 3. The van der Waals surface area contributed by atoms with E-state index in [0.29, 0.717) is 17.6 Å². The Morgan fingerprint density at radius 1 is 1.38 bits per heavy atom. The molecule has 0 aromatic carbocycles. The van der Waals surface area contributed by atoms with Gasteiger partial charge >= 0.3 is 0 Å². The second-order valence-corrected chi connectivity index (χ2v) is 5.85. The highest BCUT2D eigenvalue weighted by atomic mass is 16.5. The summed E-state index contributed by atoms with van der Waals surface area (Å²) in [6.45, 7) is 2.07. The van der Waals surface area contributed by atoms with Gasteiger partial charge in [-0.25, -0.2) is 4.98 Å². The summed E-state index contributed by atoms with van der Waals surface area (Å²) >= 11 is 0. The van der Waals surface area contributed by atoms with E-state index in [1.807, 2.05) is 6.07 Å². The van der Waals surface area contributed by atoms with Crippen molar-refractivity contribution in [2.75, 3.05) is 7.11 Å². The van der Waals surface area contributed by atoms with Crippen molar-refractivity contribution in [3.05, 3.63) is 24.2 Å². The van der Waals surface area contributed by atoms with Gasteiger partial charge in [0.1, 0.15) is 0 Å². The molecule has 6 heteroatoms. The molecule has 0 spiro atoms. The summed E-state index contributed by atoms with van der Waals surface area (Å²) in [5.41, 5.74) is 6.91. The van der Waals surface area contributed by atoms with Crippen molar-refractivity contribution >= 4 is 0 Å². The van der Waals surface area contributed by atoms with Gasteiger partial charge in [-0.2, -0.15) is 4.98 Å². The van der Waals surface area contributed by atoms with Gasteiger partial charge in [0.25, 0.3) is 0 Å². The predicted molar refractivity (Wildman–Crippen MR) is 77.9 cm³/mol. The molecule has 21 heavy (non-hydrogen) atoms. The highest BCUT2D eigenvalue weighted by Gasteiger charge is 2.37. The van der Waals surface area contributed by atoms with Crippen molar-refractivity contribution in [1.29, 1.82) is 0 Å². The van der Waals surface area contributed by atoms with Gasteiger partial charge in [0.2, 0.25) is 17.6 Å². The first-order valence-electron chi connectivity index (χ1n) is 7.23. The van der Waals surface area contributed by atoms with E-state index in [9.17, 15) is 0 Å². The molecule has 1 aliphatic rings. The van der Waals surface area contributed by atoms with E-state index in [2.05, 4.69) is 22.0 Å². The van der Waals surface area contributed by atoms with Crippen molar-refractivity contribution in [3.8, 4) is 17.3 Å². The Morgan fingerprint density at radius 2 is 2.24 bits per heavy atom. The highest BCUT2D eigenvalue weighted by Crippen LogP contribution is 2.38. The lowest BCUT2D eigenvalue weighted by atomic mass is 9.74. The van der Waals surface area contributed by atoms with E-state index in [-0.39, 0.29) is 11.5 Å². The summed E-state index contributed by atoms with van der Waals surface area (Å²) in [6, 6.07) is 3.64. The van der Waals surface area contributed by atoms with Gasteiger partial charge in [-0.3, -0.25) is 0 Å². The van der Waals surface area contributed by atoms with Crippen LogP contribution in [0.5, 0.6) is 5.88 Å². The zero-order valence-electron chi connectivity index (χ0n) is 12.4. The monoisotopic (exact) mass is 288 g/mol. The lowest BCUT2D eigenvalue weighted by molar-refractivity contribution is 0.223. The second kappa shape index (κ2) is 5.44. The molecule has 2 heterocycles. The van der Waals surface area contributed by atoms with E-state index in [1.54, 1.807) is 19.4 Å². The van der Waals surface area contributed by atoms with Crippen LogP contribution in [-0.4, -0.2) is 27.8 Å². The smallest absolute Gasteiger partial charge is 0.231 e. The molecule has 1 aliphatic carbocycles. The molecule has 0 amide bonds. The number of methoxy groups -OCH3 is 1.